The minimum absolute atomic E-state index is 0.201. The van der Waals surface area contributed by atoms with Gasteiger partial charge >= 0.3 is 5.97 Å². The molecule has 10 heteroatoms. The lowest BCUT2D eigenvalue weighted by Crippen LogP contribution is -2.47. The smallest absolute Gasteiger partial charge is 0.348 e. The van der Waals surface area contributed by atoms with Crippen molar-refractivity contribution in [1.82, 2.24) is 19.9 Å². The number of hydrogen-bond acceptors (Lipinski definition) is 9. The Balaban J connectivity index is 1.28. The first kappa shape index (κ1) is 22.8. The number of esters is 1. The van der Waals surface area contributed by atoms with E-state index in [1.807, 2.05) is 18.3 Å². The number of carbonyl (C=O) groups is 1. The number of carbonyl (C=O) groups excluding carboxylic acids is 1. The second-order valence-electron chi connectivity index (χ2n) is 7.55. The Labute approximate surface area is 195 Å². The summed E-state index contributed by atoms with van der Waals surface area (Å²) in [7, 11) is 0. The number of ether oxygens (including phenoxy) is 1. The lowest BCUT2D eigenvalue weighted by atomic mass is 10.2. The Kier molecular flexibility index (Phi) is 7.44. The van der Waals surface area contributed by atoms with E-state index in [9.17, 15) is 9.59 Å². The Morgan fingerprint density at radius 3 is 2.81 bits per heavy atom. The molecule has 1 N–H and O–H groups in total. The first-order valence-electron chi connectivity index (χ1n) is 10.8. The van der Waals surface area contributed by atoms with E-state index in [2.05, 4.69) is 30.8 Å². The maximum atomic E-state index is 12.6. The number of nitrogens with zero attached hydrogens (tertiary/aromatic N) is 4. The van der Waals surface area contributed by atoms with Gasteiger partial charge in [0.2, 0.25) is 0 Å². The molecule has 0 saturated carbocycles. The number of rotatable bonds is 8. The minimum Gasteiger partial charge on any atom is -0.462 e. The second-order valence-corrected chi connectivity index (χ2v) is 9.63. The van der Waals surface area contributed by atoms with Gasteiger partial charge in [-0.05, 0) is 44.5 Å². The molecule has 32 heavy (non-hydrogen) atoms. The zero-order valence-electron chi connectivity index (χ0n) is 18.3. The molecule has 8 nitrogen and oxygen atoms in total. The number of pyridine rings is 1. The molecule has 0 aromatic carbocycles. The number of piperazine rings is 1. The third kappa shape index (κ3) is 5.13. The highest BCUT2D eigenvalue weighted by atomic mass is 32.2. The topological polar surface area (TPSA) is 91.4 Å². The van der Waals surface area contributed by atoms with Gasteiger partial charge in [-0.1, -0.05) is 17.8 Å². The molecule has 4 heterocycles. The summed E-state index contributed by atoms with van der Waals surface area (Å²) in [5.74, 6) is 1.51. The van der Waals surface area contributed by atoms with Gasteiger partial charge in [0, 0.05) is 38.1 Å². The largest absolute Gasteiger partial charge is 0.462 e. The van der Waals surface area contributed by atoms with Gasteiger partial charge in [0.15, 0.2) is 5.16 Å². The Morgan fingerprint density at radius 2 is 2.09 bits per heavy atom. The maximum Gasteiger partial charge on any atom is 0.348 e. The van der Waals surface area contributed by atoms with Crippen molar-refractivity contribution < 1.29 is 9.53 Å². The number of nitrogens with one attached hydrogen (secondary N) is 1. The van der Waals surface area contributed by atoms with E-state index in [-0.39, 0.29) is 5.56 Å². The van der Waals surface area contributed by atoms with E-state index in [4.69, 9.17) is 4.74 Å². The highest BCUT2D eigenvalue weighted by Crippen LogP contribution is 2.29. The van der Waals surface area contributed by atoms with Crippen LogP contribution in [0.3, 0.4) is 0 Å². The minimum atomic E-state index is -0.398. The van der Waals surface area contributed by atoms with Crippen LogP contribution >= 0.6 is 23.1 Å². The highest BCUT2D eigenvalue weighted by molar-refractivity contribution is 7.99. The van der Waals surface area contributed by atoms with Crippen molar-refractivity contribution in [1.29, 1.82) is 0 Å². The first-order chi connectivity index (χ1) is 15.6. The monoisotopic (exact) mass is 473 g/mol. The maximum absolute atomic E-state index is 12.6. The van der Waals surface area contributed by atoms with Gasteiger partial charge in [-0.2, -0.15) is 0 Å². The number of H-pyrrole nitrogens is 1. The molecule has 1 aliphatic rings. The normalized spacial score (nSPS) is 14.8. The van der Waals surface area contributed by atoms with Crippen LogP contribution in [0.5, 0.6) is 0 Å². The van der Waals surface area contributed by atoms with Crippen LogP contribution in [0.4, 0.5) is 5.82 Å². The van der Waals surface area contributed by atoms with Crippen molar-refractivity contribution in [3.8, 4) is 0 Å². The number of aromatic amines is 1. The number of thioether (sulfide) groups is 1. The van der Waals surface area contributed by atoms with Crippen molar-refractivity contribution in [2.45, 2.75) is 25.4 Å². The van der Waals surface area contributed by atoms with Crippen LogP contribution in [0.15, 0.2) is 34.3 Å². The molecule has 0 radical (unpaired) electrons. The number of anilines is 1. The molecule has 0 unspecified atom stereocenters. The quantitative estimate of drug-likeness (QED) is 0.231. The van der Waals surface area contributed by atoms with E-state index in [1.54, 1.807) is 25.6 Å². The van der Waals surface area contributed by atoms with E-state index >= 15 is 0 Å². The van der Waals surface area contributed by atoms with Gasteiger partial charge in [-0.15, -0.1) is 11.3 Å². The van der Waals surface area contributed by atoms with Crippen molar-refractivity contribution in [3.05, 3.63) is 45.2 Å². The molecule has 0 aliphatic carbocycles. The van der Waals surface area contributed by atoms with E-state index in [1.165, 1.54) is 11.3 Å². The molecule has 4 rings (SSSR count). The fraction of sp³-hybridized carbons (Fsp3) is 0.455. The molecule has 1 saturated heterocycles. The average molecular weight is 474 g/mol. The third-order valence-electron chi connectivity index (χ3n) is 5.44. The summed E-state index contributed by atoms with van der Waals surface area (Å²) in [4.78, 5) is 42.4. The summed E-state index contributed by atoms with van der Waals surface area (Å²) in [6.07, 6.45) is 2.84. The molecule has 0 spiro atoms. The zero-order valence-corrected chi connectivity index (χ0v) is 19.9. The van der Waals surface area contributed by atoms with Crippen molar-refractivity contribution >= 4 is 45.1 Å². The summed E-state index contributed by atoms with van der Waals surface area (Å²) in [5.41, 5.74) is 0.436. The molecular weight excluding hydrogens is 446 g/mol. The van der Waals surface area contributed by atoms with Crippen molar-refractivity contribution in [2.24, 2.45) is 0 Å². The molecule has 0 atom stereocenters. The SMILES string of the molecule is CCOC(=O)c1sc2nc(SCCCN3CCN(c4ccccn4)CC3)[nH]c(=O)c2c1C. The fourth-order valence-electron chi connectivity index (χ4n) is 3.78. The third-order valence-corrected chi connectivity index (χ3v) is 7.57. The van der Waals surface area contributed by atoms with Gasteiger partial charge in [0.05, 0.1) is 12.0 Å². The van der Waals surface area contributed by atoms with Crippen LogP contribution in [0.1, 0.15) is 28.6 Å². The molecule has 3 aromatic rings. The standard InChI is InChI=1S/C22H27N5O3S2/c1-3-30-21(29)18-15(2)17-19(28)24-22(25-20(17)32-18)31-14-6-9-26-10-12-27(13-11-26)16-7-4-5-8-23-16/h4-5,7-8H,3,6,9-14H2,1-2H3,(H,24,25,28). The highest BCUT2D eigenvalue weighted by Gasteiger charge is 2.20. The van der Waals surface area contributed by atoms with Crippen LogP contribution < -0.4 is 10.5 Å². The van der Waals surface area contributed by atoms with Crippen LogP contribution in [0.2, 0.25) is 0 Å². The van der Waals surface area contributed by atoms with E-state index in [0.29, 0.717) is 32.4 Å². The summed E-state index contributed by atoms with van der Waals surface area (Å²) in [6.45, 7) is 8.85. The van der Waals surface area contributed by atoms with Crippen LogP contribution in [-0.4, -0.2) is 70.9 Å². The van der Waals surface area contributed by atoms with E-state index in [0.717, 1.165) is 50.7 Å². The lowest BCUT2D eigenvalue weighted by Gasteiger charge is -2.35. The zero-order chi connectivity index (χ0) is 22.5. The number of hydrogen-bond donors (Lipinski definition) is 1. The van der Waals surface area contributed by atoms with Crippen LogP contribution in [0.25, 0.3) is 10.2 Å². The number of thiophene rings is 1. The van der Waals surface area contributed by atoms with Crippen LogP contribution in [0, 0.1) is 6.92 Å². The predicted octanol–water partition coefficient (Wildman–Crippen LogP) is 3.17. The molecule has 0 amide bonds. The lowest BCUT2D eigenvalue weighted by molar-refractivity contribution is 0.0531. The molecule has 170 valence electrons. The van der Waals surface area contributed by atoms with Gasteiger partial charge in [0.25, 0.3) is 5.56 Å². The number of aryl methyl sites for hydroxylation is 1. The first-order valence-corrected chi connectivity index (χ1v) is 12.6. The van der Waals surface area contributed by atoms with E-state index < -0.39 is 5.97 Å². The van der Waals surface area contributed by atoms with Gasteiger partial charge < -0.3 is 14.6 Å². The number of aromatic nitrogens is 3. The molecule has 0 bridgehead atoms. The summed E-state index contributed by atoms with van der Waals surface area (Å²) >= 11 is 2.77. The molecular formula is C22H27N5O3S2. The van der Waals surface area contributed by atoms with Crippen molar-refractivity contribution in [2.75, 3.05) is 50.0 Å². The molecule has 1 aliphatic heterocycles. The second kappa shape index (κ2) is 10.5. The fourth-order valence-corrected chi connectivity index (χ4v) is 5.70. The van der Waals surface area contributed by atoms with Crippen LogP contribution in [-0.2, 0) is 4.74 Å². The molecule has 1 fully saturated rings. The summed E-state index contributed by atoms with van der Waals surface area (Å²) < 4.78 is 5.09. The average Bonchev–Trinajstić information content (AvgIpc) is 3.15. The summed E-state index contributed by atoms with van der Waals surface area (Å²) in [6, 6.07) is 6.02. The molecule has 3 aromatic heterocycles. The Morgan fingerprint density at radius 1 is 1.28 bits per heavy atom. The number of fused-ring (bicyclic) bond motifs is 1. The van der Waals surface area contributed by atoms with Crippen molar-refractivity contribution in [3.63, 3.8) is 0 Å². The van der Waals surface area contributed by atoms with Gasteiger partial charge in [-0.25, -0.2) is 14.8 Å². The Bertz CT molecular complexity index is 1120. The summed E-state index contributed by atoms with van der Waals surface area (Å²) in [5, 5.41) is 1.08. The van der Waals surface area contributed by atoms with Gasteiger partial charge in [-0.3, -0.25) is 9.69 Å². The predicted molar refractivity (Wildman–Crippen MR) is 129 cm³/mol. The van der Waals surface area contributed by atoms with Gasteiger partial charge in [0.1, 0.15) is 15.5 Å². The Hall–Kier alpha value is -2.43.